The number of hydrazone groups is 1. The predicted octanol–water partition coefficient (Wildman–Crippen LogP) is 4.95. The molecule has 0 fully saturated rings. The van der Waals surface area contributed by atoms with Crippen molar-refractivity contribution in [3.05, 3.63) is 92.2 Å². The van der Waals surface area contributed by atoms with Gasteiger partial charge in [-0.1, -0.05) is 29.8 Å². The molecule has 9 nitrogen and oxygen atoms in total. The number of halogens is 1. The number of non-ortho nitro benzene ring substituents is 1. The maximum Gasteiger partial charge on any atom is 0.271 e. The highest BCUT2D eigenvalue weighted by atomic mass is 79.9. The highest BCUT2D eigenvalue weighted by Gasteiger charge is 2.14. The molecule has 0 saturated carbocycles. The first-order valence-electron chi connectivity index (χ1n) is 9.47. The number of aromatic hydroxyl groups is 1. The lowest BCUT2D eigenvalue weighted by Gasteiger charge is -2.05. The molecule has 0 atom stereocenters. The van der Waals surface area contributed by atoms with Crippen LogP contribution in [0, 0.1) is 17.0 Å². The third kappa shape index (κ3) is 4.65. The number of hydrogen-bond donors (Lipinski definition) is 3. The van der Waals surface area contributed by atoms with Crippen molar-refractivity contribution in [3.63, 3.8) is 0 Å². The molecule has 0 aliphatic carbocycles. The highest BCUT2D eigenvalue weighted by molar-refractivity contribution is 9.10. The van der Waals surface area contributed by atoms with E-state index in [0.717, 1.165) is 16.6 Å². The second-order valence-electron chi connectivity index (χ2n) is 6.89. The van der Waals surface area contributed by atoms with E-state index < -0.39 is 4.92 Å². The van der Waals surface area contributed by atoms with Gasteiger partial charge in [-0.05, 0) is 47.1 Å². The number of aromatic amines is 1. The molecule has 0 aliphatic heterocycles. The van der Waals surface area contributed by atoms with Crippen LogP contribution in [0.4, 0.5) is 11.4 Å². The molecule has 0 radical (unpaired) electrons. The van der Waals surface area contributed by atoms with Crippen molar-refractivity contribution >= 4 is 50.4 Å². The molecule has 0 unspecified atom stereocenters. The van der Waals surface area contributed by atoms with Crippen molar-refractivity contribution in [3.8, 4) is 5.75 Å². The van der Waals surface area contributed by atoms with Crippen LogP contribution < -0.4 is 5.43 Å². The zero-order valence-corrected chi connectivity index (χ0v) is 18.4. The van der Waals surface area contributed by atoms with Gasteiger partial charge in [0.2, 0.25) is 0 Å². The summed E-state index contributed by atoms with van der Waals surface area (Å²) in [5.74, 6) is 0.639. The number of imidazole rings is 1. The van der Waals surface area contributed by atoms with Gasteiger partial charge < -0.3 is 10.1 Å². The number of aliphatic imine (C=N–C) groups is 1. The summed E-state index contributed by atoms with van der Waals surface area (Å²) in [4.78, 5) is 22.9. The van der Waals surface area contributed by atoms with E-state index in [2.05, 4.69) is 41.4 Å². The minimum atomic E-state index is -0.548. The third-order valence-electron chi connectivity index (χ3n) is 4.55. The lowest BCUT2D eigenvalue weighted by molar-refractivity contribution is -0.385. The van der Waals surface area contributed by atoms with E-state index in [1.165, 1.54) is 18.3 Å². The van der Waals surface area contributed by atoms with E-state index in [-0.39, 0.29) is 21.5 Å². The van der Waals surface area contributed by atoms with E-state index in [4.69, 9.17) is 0 Å². The van der Waals surface area contributed by atoms with Crippen molar-refractivity contribution in [1.29, 1.82) is 0 Å². The van der Waals surface area contributed by atoms with Crippen molar-refractivity contribution in [2.45, 2.75) is 6.92 Å². The number of para-hydroxylation sites is 2. The van der Waals surface area contributed by atoms with Gasteiger partial charge in [0.05, 0.1) is 32.3 Å². The van der Waals surface area contributed by atoms with Crippen molar-refractivity contribution in [1.82, 2.24) is 15.4 Å². The maximum absolute atomic E-state index is 11.1. The van der Waals surface area contributed by atoms with E-state index in [1.54, 1.807) is 0 Å². The number of nitrogens with one attached hydrogen (secondary N) is 2. The van der Waals surface area contributed by atoms with Crippen LogP contribution in [-0.2, 0) is 0 Å². The van der Waals surface area contributed by atoms with Gasteiger partial charge in [0.15, 0.2) is 11.7 Å². The van der Waals surface area contributed by atoms with Crippen LogP contribution >= 0.6 is 15.9 Å². The van der Waals surface area contributed by atoms with Crippen LogP contribution in [0.5, 0.6) is 5.75 Å². The lowest BCUT2D eigenvalue weighted by Crippen LogP contribution is -2.20. The normalized spacial score (nSPS) is 11.9. The molecule has 32 heavy (non-hydrogen) atoms. The van der Waals surface area contributed by atoms with Gasteiger partial charge in [0, 0.05) is 17.7 Å². The van der Waals surface area contributed by atoms with Gasteiger partial charge in [-0.3, -0.25) is 15.5 Å². The highest BCUT2D eigenvalue weighted by Crippen LogP contribution is 2.31. The zero-order valence-electron chi connectivity index (χ0n) is 16.8. The fourth-order valence-electron chi connectivity index (χ4n) is 2.92. The van der Waals surface area contributed by atoms with E-state index >= 15 is 0 Å². The Labute approximate surface area is 190 Å². The number of phenolic OH excluding ortho intramolecular Hbond substituents is 1. The Kier molecular flexibility index (Phi) is 5.95. The molecule has 1 aromatic heterocycles. The summed E-state index contributed by atoms with van der Waals surface area (Å²) < 4.78 is 0.194. The number of nitrogens with zero attached hydrogens (tertiary/aromatic N) is 4. The molecule has 160 valence electrons. The number of phenols is 1. The van der Waals surface area contributed by atoms with Crippen LogP contribution in [0.15, 0.2) is 75.2 Å². The number of amidine groups is 1. The molecule has 0 saturated heterocycles. The number of fused-ring (bicyclic) bond motifs is 1. The van der Waals surface area contributed by atoms with Gasteiger partial charge in [0.1, 0.15) is 5.75 Å². The molecule has 0 bridgehead atoms. The Bertz CT molecular complexity index is 1330. The van der Waals surface area contributed by atoms with Crippen LogP contribution in [0.2, 0.25) is 0 Å². The van der Waals surface area contributed by atoms with Gasteiger partial charge in [-0.25, -0.2) is 9.98 Å². The number of H-pyrrole nitrogens is 1. The van der Waals surface area contributed by atoms with Crippen LogP contribution in [0.1, 0.15) is 17.0 Å². The second-order valence-corrected chi connectivity index (χ2v) is 7.75. The predicted molar refractivity (Wildman–Crippen MR) is 127 cm³/mol. The first-order valence-corrected chi connectivity index (χ1v) is 10.3. The smallest absolute Gasteiger partial charge is 0.271 e. The van der Waals surface area contributed by atoms with Gasteiger partial charge in [-0.2, -0.15) is 5.10 Å². The van der Waals surface area contributed by atoms with Crippen LogP contribution in [0.3, 0.4) is 0 Å². The summed E-state index contributed by atoms with van der Waals surface area (Å²) in [5, 5.41) is 25.4. The summed E-state index contributed by atoms with van der Waals surface area (Å²) in [6, 6.07) is 17.6. The van der Waals surface area contributed by atoms with Crippen LogP contribution in [0.25, 0.3) is 11.0 Å². The Morgan fingerprint density at radius 1 is 1.22 bits per heavy atom. The SMILES string of the molecule is Cc1ccc(N=C(NN=Cc2cc([N+](=O)[O-])cc(Br)c2O)c2nc3ccccc3[nH]2)cc1. The molecule has 0 amide bonds. The molecule has 0 spiro atoms. The standard InChI is InChI=1S/C22H17BrN6O3/c1-13-6-8-15(9-7-13)25-22(21-26-18-4-2-3-5-19(18)27-21)28-24-12-14-10-16(29(31)32)11-17(23)20(14)30/h2-12,30H,1H3,(H,25,28)(H,26,27). The van der Waals surface area contributed by atoms with Gasteiger partial charge in [0.25, 0.3) is 5.69 Å². The average molecular weight is 493 g/mol. The molecule has 4 aromatic rings. The fourth-order valence-corrected chi connectivity index (χ4v) is 3.38. The van der Waals surface area contributed by atoms with Crippen LogP contribution in [-0.4, -0.2) is 32.0 Å². The number of nitro benzene ring substituents is 1. The molecule has 0 aliphatic rings. The second kappa shape index (κ2) is 8.98. The first kappa shape index (κ1) is 21.2. The number of benzene rings is 3. The Morgan fingerprint density at radius 2 is 1.97 bits per heavy atom. The number of aryl methyl sites for hydroxylation is 1. The number of hydrogen-bond acceptors (Lipinski definition) is 6. The number of aromatic nitrogens is 2. The first-order chi connectivity index (χ1) is 15.4. The molecule has 3 N–H and O–H groups in total. The number of nitro groups is 1. The largest absolute Gasteiger partial charge is 0.506 e. The molecule has 3 aromatic carbocycles. The summed E-state index contributed by atoms with van der Waals surface area (Å²) in [7, 11) is 0. The third-order valence-corrected chi connectivity index (χ3v) is 5.16. The summed E-state index contributed by atoms with van der Waals surface area (Å²) in [5.41, 5.74) is 6.22. The molecular formula is C22H17BrN6O3. The Balaban J connectivity index is 1.70. The summed E-state index contributed by atoms with van der Waals surface area (Å²) >= 11 is 3.12. The topological polar surface area (TPSA) is 129 Å². The summed E-state index contributed by atoms with van der Waals surface area (Å²) in [6.45, 7) is 1.99. The van der Waals surface area contributed by atoms with Gasteiger partial charge in [-0.15, -0.1) is 0 Å². The molecule has 1 heterocycles. The van der Waals surface area contributed by atoms with E-state index in [9.17, 15) is 15.2 Å². The molecular weight excluding hydrogens is 476 g/mol. The number of rotatable bonds is 5. The Morgan fingerprint density at radius 3 is 2.69 bits per heavy atom. The quantitative estimate of drug-likeness (QED) is 0.157. The van der Waals surface area contributed by atoms with E-state index in [1.807, 2.05) is 55.5 Å². The van der Waals surface area contributed by atoms with Crippen molar-refractivity contribution in [2.24, 2.45) is 10.1 Å². The fraction of sp³-hybridized carbons (Fsp3) is 0.0455. The van der Waals surface area contributed by atoms with Gasteiger partial charge >= 0.3 is 0 Å². The lowest BCUT2D eigenvalue weighted by atomic mass is 10.2. The zero-order chi connectivity index (χ0) is 22.7. The Hall–Kier alpha value is -4.05. The molecule has 10 heteroatoms. The minimum Gasteiger partial charge on any atom is -0.506 e. The monoisotopic (exact) mass is 492 g/mol. The maximum atomic E-state index is 11.1. The summed E-state index contributed by atoms with van der Waals surface area (Å²) in [6.07, 6.45) is 1.28. The average Bonchev–Trinajstić information content (AvgIpc) is 3.21. The molecule has 4 rings (SSSR count). The minimum absolute atomic E-state index is 0.165. The van der Waals surface area contributed by atoms with E-state index in [0.29, 0.717) is 17.3 Å². The van der Waals surface area contributed by atoms with Crippen molar-refractivity contribution < 1.29 is 10.0 Å². The van der Waals surface area contributed by atoms with Crippen molar-refractivity contribution in [2.75, 3.05) is 0 Å².